The van der Waals surface area contributed by atoms with Gasteiger partial charge in [-0.05, 0) is 53.1 Å². The average molecular weight is 388 g/mol. The number of hydrogen-bond acceptors (Lipinski definition) is 4. The van der Waals surface area contributed by atoms with Gasteiger partial charge in [0.2, 0.25) is 0 Å². The molecule has 0 heterocycles. The molecule has 3 aromatic carbocycles. The molecule has 0 saturated carbocycles. The van der Waals surface area contributed by atoms with E-state index in [0.29, 0.717) is 24.3 Å². The quantitative estimate of drug-likeness (QED) is 0.602. The number of amides is 1. The van der Waals surface area contributed by atoms with Gasteiger partial charge in [0, 0.05) is 24.2 Å². The molecule has 0 aromatic heterocycles. The Morgan fingerprint density at radius 3 is 2.66 bits per heavy atom. The predicted octanol–water partition coefficient (Wildman–Crippen LogP) is 3.70. The zero-order valence-electron chi connectivity index (χ0n) is 16.3. The molecule has 0 fully saturated rings. The molecule has 1 amide bonds. The van der Waals surface area contributed by atoms with E-state index < -0.39 is 6.10 Å². The first-order chi connectivity index (χ1) is 14.1. The van der Waals surface area contributed by atoms with Gasteiger partial charge in [-0.3, -0.25) is 4.79 Å². The van der Waals surface area contributed by atoms with E-state index in [0.717, 1.165) is 16.8 Å². The van der Waals surface area contributed by atoms with E-state index >= 15 is 0 Å². The first-order valence-corrected chi connectivity index (χ1v) is 9.67. The van der Waals surface area contributed by atoms with Crippen molar-refractivity contribution in [3.05, 3.63) is 95.1 Å². The van der Waals surface area contributed by atoms with Crippen molar-refractivity contribution < 1.29 is 14.6 Å². The molecule has 3 N–H and O–H groups in total. The highest BCUT2D eigenvalue weighted by atomic mass is 16.5. The maximum atomic E-state index is 12.5. The Hall–Kier alpha value is -3.15. The van der Waals surface area contributed by atoms with Crippen molar-refractivity contribution in [1.29, 1.82) is 0 Å². The van der Waals surface area contributed by atoms with Gasteiger partial charge in [0.25, 0.3) is 5.91 Å². The van der Waals surface area contributed by atoms with E-state index in [2.05, 4.69) is 22.8 Å². The molecule has 2 atom stereocenters. The lowest BCUT2D eigenvalue weighted by Crippen LogP contribution is -2.28. The third-order valence-electron chi connectivity index (χ3n) is 5.27. The summed E-state index contributed by atoms with van der Waals surface area (Å²) in [6.07, 6.45) is 0.247. The van der Waals surface area contributed by atoms with Crippen LogP contribution in [-0.2, 0) is 13.0 Å². The summed E-state index contributed by atoms with van der Waals surface area (Å²) in [7, 11) is 1.60. The summed E-state index contributed by atoms with van der Waals surface area (Å²) in [5.41, 5.74) is 4.69. The van der Waals surface area contributed by atoms with Gasteiger partial charge in [0.05, 0.1) is 19.3 Å². The Labute approximate surface area is 170 Å². The minimum atomic E-state index is -0.426. The Balaban J connectivity index is 1.40. The second-order valence-corrected chi connectivity index (χ2v) is 7.21. The molecule has 1 aliphatic rings. The first kappa shape index (κ1) is 19.2. The van der Waals surface area contributed by atoms with Gasteiger partial charge in [-0.1, -0.05) is 36.4 Å². The minimum Gasteiger partial charge on any atom is -0.497 e. The second kappa shape index (κ2) is 8.47. The molecular weight excluding hydrogens is 364 g/mol. The van der Waals surface area contributed by atoms with Gasteiger partial charge in [-0.25, -0.2) is 0 Å². The average Bonchev–Trinajstić information content (AvgIpc) is 3.07. The summed E-state index contributed by atoms with van der Waals surface area (Å²) >= 11 is 0. The van der Waals surface area contributed by atoms with E-state index in [9.17, 15) is 9.90 Å². The fourth-order valence-electron chi connectivity index (χ4n) is 3.75. The molecule has 0 unspecified atom stereocenters. The standard InChI is InChI=1S/C24H24N2O3/c1-29-20-11-9-17(10-12-20)24(28)26-19-7-4-5-16(13-19)15-25-23-21-8-3-2-6-18(21)14-22(23)27/h2-13,22-23,25,27H,14-15H2,1H3,(H,26,28)/t22-,23+/m0/s1. The van der Waals surface area contributed by atoms with Gasteiger partial charge in [-0.15, -0.1) is 0 Å². The van der Waals surface area contributed by atoms with Crippen LogP contribution in [0.25, 0.3) is 0 Å². The summed E-state index contributed by atoms with van der Waals surface area (Å²) < 4.78 is 5.13. The number of anilines is 1. The van der Waals surface area contributed by atoms with Crippen molar-refractivity contribution in [3.63, 3.8) is 0 Å². The Morgan fingerprint density at radius 1 is 1.07 bits per heavy atom. The fraction of sp³-hybridized carbons (Fsp3) is 0.208. The lowest BCUT2D eigenvalue weighted by atomic mass is 10.1. The lowest BCUT2D eigenvalue weighted by Gasteiger charge is -2.18. The van der Waals surface area contributed by atoms with Crippen LogP contribution in [0.4, 0.5) is 5.69 Å². The van der Waals surface area contributed by atoms with Crippen LogP contribution in [0.2, 0.25) is 0 Å². The molecule has 0 saturated heterocycles. The minimum absolute atomic E-state index is 0.0799. The van der Waals surface area contributed by atoms with Gasteiger partial charge in [0.15, 0.2) is 0 Å². The number of carbonyl (C=O) groups is 1. The molecule has 5 heteroatoms. The largest absolute Gasteiger partial charge is 0.497 e. The molecule has 0 bridgehead atoms. The first-order valence-electron chi connectivity index (χ1n) is 9.67. The van der Waals surface area contributed by atoms with Crippen molar-refractivity contribution in [3.8, 4) is 5.75 Å². The summed E-state index contributed by atoms with van der Waals surface area (Å²) in [6, 6.07) is 22.8. The number of aliphatic hydroxyl groups excluding tert-OH is 1. The van der Waals surface area contributed by atoms with Crippen LogP contribution >= 0.6 is 0 Å². The number of rotatable bonds is 6. The number of nitrogens with one attached hydrogen (secondary N) is 2. The maximum absolute atomic E-state index is 12.5. The number of benzene rings is 3. The maximum Gasteiger partial charge on any atom is 0.255 e. The molecule has 3 aromatic rings. The summed E-state index contributed by atoms with van der Waals surface area (Å²) in [4.78, 5) is 12.5. The van der Waals surface area contributed by atoms with E-state index in [1.54, 1.807) is 31.4 Å². The molecule has 5 nitrogen and oxygen atoms in total. The summed E-state index contributed by atoms with van der Waals surface area (Å²) in [5.74, 6) is 0.545. The monoisotopic (exact) mass is 388 g/mol. The van der Waals surface area contributed by atoms with Crippen LogP contribution in [0, 0.1) is 0 Å². The highest BCUT2D eigenvalue weighted by Gasteiger charge is 2.30. The molecule has 29 heavy (non-hydrogen) atoms. The van der Waals surface area contributed by atoms with Crippen molar-refractivity contribution in [2.45, 2.75) is 25.1 Å². The lowest BCUT2D eigenvalue weighted by molar-refractivity contribution is 0.102. The van der Waals surface area contributed by atoms with E-state index in [1.165, 1.54) is 5.56 Å². The predicted molar refractivity (Wildman–Crippen MR) is 113 cm³/mol. The number of aliphatic hydroxyl groups is 1. The van der Waals surface area contributed by atoms with Crippen LogP contribution in [-0.4, -0.2) is 24.2 Å². The van der Waals surface area contributed by atoms with E-state index in [4.69, 9.17) is 4.74 Å². The van der Waals surface area contributed by atoms with Crippen molar-refractivity contribution in [2.24, 2.45) is 0 Å². The van der Waals surface area contributed by atoms with Crippen molar-refractivity contribution >= 4 is 11.6 Å². The topological polar surface area (TPSA) is 70.6 Å². The SMILES string of the molecule is COc1ccc(C(=O)Nc2cccc(CN[C@@H]3c4ccccc4C[C@@H]3O)c2)cc1. The molecule has 1 aliphatic carbocycles. The van der Waals surface area contributed by atoms with Crippen molar-refractivity contribution in [1.82, 2.24) is 5.32 Å². The third kappa shape index (κ3) is 4.31. The molecule has 4 rings (SSSR count). The molecular formula is C24H24N2O3. The van der Waals surface area contributed by atoms with Gasteiger partial charge in [-0.2, -0.15) is 0 Å². The zero-order valence-corrected chi connectivity index (χ0v) is 16.3. The number of carbonyl (C=O) groups excluding carboxylic acids is 1. The zero-order chi connectivity index (χ0) is 20.2. The van der Waals surface area contributed by atoms with E-state index in [-0.39, 0.29) is 11.9 Å². The summed E-state index contributed by atoms with van der Waals surface area (Å²) in [5, 5.41) is 16.8. The smallest absolute Gasteiger partial charge is 0.255 e. The van der Waals surface area contributed by atoms with Crippen LogP contribution in [0.5, 0.6) is 5.75 Å². The Kier molecular flexibility index (Phi) is 5.60. The highest BCUT2D eigenvalue weighted by Crippen LogP contribution is 2.31. The van der Waals surface area contributed by atoms with Gasteiger partial charge in [0.1, 0.15) is 5.75 Å². The Morgan fingerprint density at radius 2 is 1.86 bits per heavy atom. The second-order valence-electron chi connectivity index (χ2n) is 7.21. The Bertz CT molecular complexity index is 1000. The summed E-state index contributed by atoms with van der Waals surface area (Å²) in [6.45, 7) is 0.600. The number of fused-ring (bicyclic) bond motifs is 1. The number of hydrogen-bond donors (Lipinski definition) is 3. The third-order valence-corrected chi connectivity index (χ3v) is 5.27. The highest BCUT2D eigenvalue weighted by molar-refractivity contribution is 6.04. The van der Waals surface area contributed by atoms with Gasteiger partial charge < -0.3 is 20.5 Å². The molecule has 0 aliphatic heterocycles. The van der Waals surface area contributed by atoms with Gasteiger partial charge >= 0.3 is 0 Å². The molecule has 0 spiro atoms. The van der Waals surface area contributed by atoms with Crippen LogP contribution < -0.4 is 15.4 Å². The molecule has 148 valence electrons. The van der Waals surface area contributed by atoms with E-state index in [1.807, 2.05) is 36.4 Å². The van der Waals surface area contributed by atoms with Crippen molar-refractivity contribution in [2.75, 3.05) is 12.4 Å². The van der Waals surface area contributed by atoms with Crippen LogP contribution in [0.3, 0.4) is 0 Å². The number of methoxy groups -OCH3 is 1. The fourth-order valence-corrected chi connectivity index (χ4v) is 3.75. The normalized spacial score (nSPS) is 17.6. The van der Waals surface area contributed by atoms with Crippen LogP contribution in [0.15, 0.2) is 72.8 Å². The van der Waals surface area contributed by atoms with Crippen LogP contribution in [0.1, 0.15) is 33.1 Å². The molecule has 0 radical (unpaired) electrons. The number of ether oxygens (including phenoxy) is 1.